The van der Waals surface area contributed by atoms with Gasteiger partial charge in [0, 0.05) is 6.42 Å². The van der Waals surface area contributed by atoms with Gasteiger partial charge in [0.2, 0.25) is 0 Å². The summed E-state index contributed by atoms with van der Waals surface area (Å²) < 4.78 is 5.37. The molecule has 0 spiro atoms. The first-order valence-corrected chi connectivity index (χ1v) is 5.58. The van der Waals surface area contributed by atoms with E-state index in [1.165, 1.54) is 0 Å². The maximum atomic E-state index is 11.1. The summed E-state index contributed by atoms with van der Waals surface area (Å²) in [5.41, 5.74) is 0. The highest BCUT2D eigenvalue weighted by Gasteiger charge is 2.48. The van der Waals surface area contributed by atoms with E-state index in [9.17, 15) is 9.59 Å². The smallest absolute Gasteiger partial charge is 0.161 e. The molecule has 0 saturated carbocycles. The van der Waals surface area contributed by atoms with E-state index in [0.29, 0.717) is 18.3 Å². The lowest BCUT2D eigenvalue weighted by molar-refractivity contribution is -0.118. The first-order valence-electron chi connectivity index (χ1n) is 5.58. The highest BCUT2D eigenvalue weighted by Crippen LogP contribution is 2.37. The van der Waals surface area contributed by atoms with Crippen molar-refractivity contribution in [2.75, 3.05) is 0 Å². The summed E-state index contributed by atoms with van der Waals surface area (Å²) in [6.45, 7) is 7.40. The van der Waals surface area contributed by atoms with E-state index in [1.807, 2.05) is 0 Å². The number of ether oxygens (including phenoxy) is 1. The second-order valence-electron chi connectivity index (χ2n) is 4.78. The second kappa shape index (κ2) is 4.88. The number of carbonyl (C=O) groups excluding carboxylic acids is 2. The zero-order chi connectivity index (χ0) is 11.6. The van der Waals surface area contributed by atoms with Crippen molar-refractivity contribution in [3.63, 3.8) is 0 Å². The molecule has 15 heavy (non-hydrogen) atoms. The highest BCUT2D eigenvalue weighted by molar-refractivity contribution is 5.83. The van der Waals surface area contributed by atoms with Crippen molar-refractivity contribution in [3.05, 3.63) is 0 Å². The van der Waals surface area contributed by atoms with Gasteiger partial charge in [0.05, 0.1) is 6.10 Å². The molecule has 3 unspecified atom stereocenters. The largest absolute Gasteiger partial charge is 0.361 e. The van der Waals surface area contributed by atoms with Gasteiger partial charge in [-0.3, -0.25) is 4.79 Å². The van der Waals surface area contributed by atoms with Gasteiger partial charge in [-0.1, -0.05) is 13.8 Å². The van der Waals surface area contributed by atoms with Gasteiger partial charge in [-0.2, -0.15) is 0 Å². The number of ketones is 2. The van der Waals surface area contributed by atoms with Crippen LogP contribution in [0.2, 0.25) is 0 Å². The van der Waals surface area contributed by atoms with Gasteiger partial charge in [0.15, 0.2) is 5.78 Å². The molecule has 86 valence electrons. The molecule has 0 aromatic heterocycles. The fraction of sp³-hybridized carbons (Fsp3) is 0.833. The molecular weight excluding hydrogens is 192 g/mol. The van der Waals surface area contributed by atoms with Gasteiger partial charge < -0.3 is 9.53 Å². The number of epoxide rings is 1. The molecule has 1 fully saturated rings. The van der Waals surface area contributed by atoms with Crippen LogP contribution < -0.4 is 0 Å². The molecule has 0 aromatic rings. The van der Waals surface area contributed by atoms with Gasteiger partial charge in [-0.15, -0.1) is 0 Å². The lowest BCUT2D eigenvalue weighted by Crippen LogP contribution is -2.20. The second-order valence-corrected chi connectivity index (χ2v) is 4.78. The lowest BCUT2D eigenvalue weighted by atomic mass is 9.86. The highest BCUT2D eigenvalue weighted by atomic mass is 16.6. The van der Waals surface area contributed by atoms with E-state index in [0.717, 1.165) is 6.42 Å². The number of carbonyl (C=O) groups is 2. The number of Topliss-reactive ketones (excluding diaryl/α,β-unsaturated/α-hetero) is 2. The first kappa shape index (κ1) is 12.4. The monoisotopic (exact) mass is 212 g/mol. The van der Waals surface area contributed by atoms with Crippen LogP contribution in [0, 0.1) is 11.8 Å². The van der Waals surface area contributed by atoms with Crippen LogP contribution in [0.4, 0.5) is 0 Å². The Morgan fingerprint density at radius 3 is 2.20 bits per heavy atom. The van der Waals surface area contributed by atoms with Crippen LogP contribution >= 0.6 is 0 Å². The summed E-state index contributed by atoms with van der Waals surface area (Å²) in [4.78, 5) is 22.0. The third kappa shape index (κ3) is 3.42. The molecule has 0 bridgehead atoms. The molecule has 0 amide bonds. The molecule has 3 atom stereocenters. The summed E-state index contributed by atoms with van der Waals surface area (Å²) in [5.74, 6) is 1.11. The molecule has 0 aromatic carbocycles. The first-order chi connectivity index (χ1) is 6.93. The quantitative estimate of drug-likeness (QED) is 0.632. The summed E-state index contributed by atoms with van der Waals surface area (Å²) in [6, 6.07) is 0. The summed E-state index contributed by atoms with van der Waals surface area (Å²) in [6.07, 6.45) is 1.28. The molecule has 3 nitrogen and oxygen atoms in total. The van der Waals surface area contributed by atoms with E-state index in [1.54, 1.807) is 13.8 Å². The standard InChI is InChI=1S/C12H20O3/c1-7(2)10(6-5-8(3)13)12-11(15-12)9(4)14/h7,10-12H,5-6H2,1-4H3. The Balaban J connectivity index is 2.46. The van der Waals surface area contributed by atoms with Gasteiger partial charge >= 0.3 is 0 Å². The van der Waals surface area contributed by atoms with Crippen LogP contribution in [0.15, 0.2) is 0 Å². The minimum absolute atomic E-state index is 0.0573. The normalized spacial score (nSPS) is 26.5. The molecule has 1 aliphatic heterocycles. The fourth-order valence-electron chi connectivity index (χ4n) is 2.02. The van der Waals surface area contributed by atoms with E-state index in [-0.39, 0.29) is 23.8 Å². The third-order valence-electron chi connectivity index (χ3n) is 3.03. The Morgan fingerprint density at radius 1 is 1.27 bits per heavy atom. The molecule has 1 aliphatic rings. The molecule has 1 saturated heterocycles. The van der Waals surface area contributed by atoms with Crippen molar-refractivity contribution >= 4 is 11.6 Å². The van der Waals surface area contributed by atoms with Crippen LogP contribution in [0.5, 0.6) is 0 Å². The van der Waals surface area contributed by atoms with Crippen molar-refractivity contribution in [2.24, 2.45) is 11.8 Å². The zero-order valence-corrected chi connectivity index (χ0v) is 9.95. The molecule has 0 N–H and O–H groups in total. The number of hydrogen-bond acceptors (Lipinski definition) is 3. The van der Waals surface area contributed by atoms with Crippen LogP contribution in [0.25, 0.3) is 0 Å². The summed E-state index contributed by atoms with van der Waals surface area (Å²) in [5, 5.41) is 0. The number of rotatable bonds is 6. The van der Waals surface area contributed by atoms with Gasteiger partial charge in [0.1, 0.15) is 11.9 Å². The van der Waals surface area contributed by atoms with Crippen molar-refractivity contribution in [1.82, 2.24) is 0 Å². The van der Waals surface area contributed by atoms with E-state index < -0.39 is 0 Å². The van der Waals surface area contributed by atoms with Crippen molar-refractivity contribution in [1.29, 1.82) is 0 Å². The van der Waals surface area contributed by atoms with Crippen molar-refractivity contribution in [2.45, 2.75) is 52.7 Å². The topological polar surface area (TPSA) is 46.7 Å². The van der Waals surface area contributed by atoms with Crippen molar-refractivity contribution < 1.29 is 14.3 Å². The molecule has 1 heterocycles. The van der Waals surface area contributed by atoms with Gasteiger partial charge in [-0.05, 0) is 32.1 Å². The Hall–Kier alpha value is -0.700. The molecular formula is C12H20O3. The number of hydrogen-bond donors (Lipinski definition) is 0. The van der Waals surface area contributed by atoms with Crippen LogP contribution in [0.1, 0.15) is 40.5 Å². The maximum absolute atomic E-state index is 11.1. The van der Waals surface area contributed by atoms with E-state index in [4.69, 9.17) is 4.74 Å². The Labute approximate surface area is 91.2 Å². The minimum Gasteiger partial charge on any atom is -0.361 e. The average Bonchev–Trinajstić information content (AvgIpc) is 2.83. The lowest BCUT2D eigenvalue weighted by Gasteiger charge is -2.17. The summed E-state index contributed by atoms with van der Waals surface area (Å²) >= 11 is 0. The average molecular weight is 212 g/mol. The van der Waals surface area contributed by atoms with Crippen molar-refractivity contribution in [3.8, 4) is 0 Å². The SMILES string of the molecule is CC(=O)CCC(C(C)C)C1OC1C(C)=O. The van der Waals surface area contributed by atoms with Gasteiger partial charge in [-0.25, -0.2) is 0 Å². The molecule has 3 heteroatoms. The predicted molar refractivity (Wildman–Crippen MR) is 57.6 cm³/mol. The third-order valence-corrected chi connectivity index (χ3v) is 3.03. The summed E-state index contributed by atoms with van der Waals surface area (Å²) in [7, 11) is 0. The minimum atomic E-state index is -0.204. The van der Waals surface area contributed by atoms with Crippen LogP contribution in [-0.2, 0) is 14.3 Å². The molecule has 0 aliphatic carbocycles. The Bertz CT molecular complexity index is 258. The van der Waals surface area contributed by atoms with E-state index >= 15 is 0 Å². The maximum Gasteiger partial charge on any atom is 0.161 e. The molecule has 0 radical (unpaired) electrons. The van der Waals surface area contributed by atoms with Crippen LogP contribution in [-0.4, -0.2) is 23.8 Å². The Kier molecular flexibility index (Phi) is 4.03. The Morgan fingerprint density at radius 2 is 1.87 bits per heavy atom. The predicted octanol–water partition coefficient (Wildman–Crippen LogP) is 1.98. The fourth-order valence-corrected chi connectivity index (χ4v) is 2.02. The van der Waals surface area contributed by atoms with Gasteiger partial charge in [0.25, 0.3) is 0 Å². The van der Waals surface area contributed by atoms with E-state index in [2.05, 4.69) is 13.8 Å². The molecule has 1 rings (SSSR count). The zero-order valence-electron chi connectivity index (χ0n) is 9.95. The van der Waals surface area contributed by atoms with Crippen LogP contribution in [0.3, 0.4) is 0 Å².